The molecule has 13 heavy (non-hydrogen) atoms. The molecule has 2 unspecified atom stereocenters. The largest absolute Gasteiger partial charge is 0.497 e. The van der Waals surface area contributed by atoms with E-state index in [0.29, 0.717) is 0 Å². The summed E-state index contributed by atoms with van der Waals surface area (Å²) in [6.45, 7) is 4.57. The highest BCUT2D eigenvalue weighted by Gasteiger charge is 2.28. The first kappa shape index (κ1) is 8.57. The van der Waals surface area contributed by atoms with Crippen molar-refractivity contribution in [1.82, 2.24) is 4.90 Å². The number of hydrogen-bond donors (Lipinski definition) is 0. The van der Waals surface area contributed by atoms with Crippen LogP contribution in [0.4, 0.5) is 0 Å². The number of ether oxygens (including phenoxy) is 1. The van der Waals surface area contributed by atoms with Gasteiger partial charge in [-0.25, -0.2) is 0 Å². The van der Waals surface area contributed by atoms with Crippen molar-refractivity contribution in [1.29, 1.82) is 0 Å². The van der Waals surface area contributed by atoms with Crippen LogP contribution in [0.15, 0.2) is 24.3 Å². The summed E-state index contributed by atoms with van der Waals surface area (Å²) in [7, 11) is 1.70. The zero-order valence-corrected chi connectivity index (χ0v) is 8.16. The number of rotatable bonds is 3. The van der Waals surface area contributed by atoms with Gasteiger partial charge in [0, 0.05) is 19.1 Å². The van der Waals surface area contributed by atoms with Gasteiger partial charge in [-0.2, -0.15) is 0 Å². The molecule has 1 aromatic rings. The second kappa shape index (κ2) is 3.38. The molecular formula is C11H15NO. The summed E-state index contributed by atoms with van der Waals surface area (Å²) in [5.74, 6) is 0.933. The molecule has 2 heteroatoms. The minimum Gasteiger partial charge on any atom is -0.497 e. The second-order valence-corrected chi connectivity index (χ2v) is 3.63. The second-order valence-electron chi connectivity index (χ2n) is 3.63. The molecule has 1 saturated heterocycles. The Kier molecular flexibility index (Phi) is 2.23. The van der Waals surface area contributed by atoms with Crippen molar-refractivity contribution in [3.8, 4) is 5.75 Å². The van der Waals surface area contributed by atoms with Crippen LogP contribution in [0.5, 0.6) is 5.75 Å². The third-order valence-corrected chi connectivity index (χ3v) is 2.53. The van der Waals surface area contributed by atoms with E-state index in [2.05, 4.69) is 24.0 Å². The molecule has 0 amide bonds. The van der Waals surface area contributed by atoms with E-state index in [1.165, 1.54) is 12.1 Å². The van der Waals surface area contributed by atoms with E-state index >= 15 is 0 Å². The third-order valence-electron chi connectivity index (χ3n) is 2.53. The normalized spacial score (nSPS) is 25.7. The predicted molar refractivity (Wildman–Crippen MR) is 52.9 cm³/mol. The van der Waals surface area contributed by atoms with E-state index in [-0.39, 0.29) is 0 Å². The highest BCUT2D eigenvalue weighted by atomic mass is 16.5. The Morgan fingerprint density at radius 2 is 2.00 bits per heavy atom. The smallest absolute Gasteiger partial charge is 0.118 e. The predicted octanol–water partition coefficient (Wildman–Crippen LogP) is 1.90. The Morgan fingerprint density at radius 1 is 1.38 bits per heavy atom. The molecule has 0 saturated carbocycles. The molecule has 0 spiro atoms. The van der Waals surface area contributed by atoms with Gasteiger partial charge in [0.05, 0.1) is 7.11 Å². The maximum absolute atomic E-state index is 5.10. The Hall–Kier alpha value is -1.02. The summed E-state index contributed by atoms with van der Waals surface area (Å²) in [4.78, 5) is 2.43. The van der Waals surface area contributed by atoms with Crippen LogP contribution in [0.3, 0.4) is 0 Å². The quantitative estimate of drug-likeness (QED) is 0.654. The maximum Gasteiger partial charge on any atom is 0.118 e. The van der Waals surface area contributed by atoms with Gasteiger partial charge in [0.2, 0.25) is 0 Å². The van der Waals surface area contributed by atoms with Crippen LogP contribution >= 0.6 is 0 Å². The van der Waals surface area contributed by atoms with Gasteiger partial charge in [0.25, 0.3) is 0 Å². The first-order chi connectivity index (χ1) is 6.29. The summed E-state index contributed by atoms with van der Waals surface area (Å²) < 4.78 is 5.10. The van der Waals surface area contributed by atoms with Crippen LogP contribution in [0.25, 0.3) is 0 Å². The van der Waals surface area contributed by atoms with Gasteiger partial charge in [-0.3, -0.25) is 4.90 Å². The summed E-state index contributed by atoms with van der Waals surface area (Å²) in [5.41, 5.74) is 1.37. The van der Waals surface area contributed by atoms with Gasteiger partial charge in [-0.1, -0.05) is 12.1 Å². The topological polar surface area (TPSA) is 12.2 Å². The van der Waals surface area contributed by atoms with Gasteiger partial charge in [-0.05, 0) is 24.6 Å². The van der Waals surface area contributed by atoms with Crippen molar-refractivity contribution in [2.24, 2.45) is 0 Å². The van der Waals surface area contributed by atoms with Gasteiger partial charge in [0.15, 0.2) is 0 Å². The molecule has 1 aliphatic rings. The Morgan fingerprint density at radius 3 is 2.46 bits per heavy atom. The van der Waals surface area contributed by atoms with Crippen LogP contribution in [0.2, 0.25) is 0 Å². The van der Waals surface area contributed by atoms with Crippen LogP contribution in [-0.2, 0) is 6.54 Å². The van der Waals surface area contributed by atoms with Gasteiger partial charge < -0.3 is 4.74 Å². The third kappa shape index (κ3) is 2.01. The Balaban J connectivity index is 1.97. The molecule has 1 fully saturated rings. The standard InChI is InChI=1S/C11H15NO/c1-9-7-12(9)8-10-3-5-11(13-2)6-4-10/h3-6,9H,7-8H2,1-2H3. The molecule has 70 valence electrons. The zero-order valence-electron chi connectivity index (χ0n) is 8.16. The highest BCUT2D eigenvalue weighted by Crippen LogP contribution is 2.21. The fourth-order valence-corrected chi connectivity index (χ4v) is 1.48. The fourth-order valence-electron chi connectivity index (χ4n) is 1.48. The average molecular weight is 177 g/mol. The van der Waals surface area contributed by atoms with Crippen molar-refractivity contribution in [2.75, 3.05) is 13.7 Å². The highest BCUT2D eigenvalue weighted by molar-refractivity contribution is 5.27. The molecule has 0 aliphatic carbocycles. The van der Waals surface area contributed by atoms with Crippen molar-refractivity contribution in [2.45, 2.75) is 19.5 Å². The number of hydrogen-bond acceptors (Lipinski definition) is 2. The van der Waals surface area contributed by atoms with Gasteiger partial charge in [-0.15, -0.1) is 0 Å². The van der Waals surface area contributed by atoms with Gasteiger partial charge >= 0.3 is 0 Å². The minimum atomic E-state index is 0.780. The molecule has 1 heterocycles. The summed E-state index contributed by atoms with van der Waals surface area (Å²) in [6.07, 6.45) is 0. The number of methoxy groups -OCH3 is 1. The minimum absolute atomic E-state index is 0.780. The molecule has 0 bridgehead atoms. The maximum atomic E-state index is 5.10. The van der Waals surface area contributed by atoms with Crippen LogP contribution < -0.4 is 4.74 Å². The van der Waals surface area contributed by atoms with Crippen molar-refractivity contribution in [3.05, 3.63) is 29.8 Å². The van der Waals surface area contributed by atoms with Gasteiger partial charge in [0.1, 0.15) is 5.75 Å². The Bertz CT molecular complexity index is 281. The summed E-state index contributed by atoms with van der Waals surface area (Å²) in [6, 6.07) is 9.07. The lowest BCUT2D eigenvalue weighted by molar-refractivity contribution is 0.414. The Labute approximate surface area is 79.1 Å². The molecule has 0 aromatic heterocycles. The summed E-state index contributed by atoms with van der Waals surface area (Å²) >= 11 is 0. The lowest BCUT2D eigenvalue weighted by Crippen LogP contribution is -1.99. The molecule has 2 rings (SSSR count). The molecular weight excluding hydrogens is 162 g/mol. The SMILES string of the molecule is COc1ccc(CN2CC2C)cc1. The molecule has 1 aliphatic heterocycles. The van der Waals surface area contributed by atoms with E-state index in [1.807, 2.05) is 12.1 Å². The van der Waals surface area contributed by atoms with Crippen LogP contribution in [-0.4, -0.2) is 24.6 Å². The molecule has 1 aromatic carbocycles. The van der Waals surface area contributed by atoms with E-state index in [9.17, 15) is 0 Å². The first-order valence-corrected chi connectivity index (χ1v) is 4.66. The zero-order chi connectivity index (χ0) is 9.26. The molecule has 2 nitrogen and oxygen atoms in total. The van der Waals surface area contributed by atoms with Crippen LogP contribution in [0.1, 0.15) is 12.5 Å². The molecule has 0 radical (unpaired) electrons. The lowest BCUT2D eigenvalue weighted by Gasteiger charge is -2.03. The van der Waals surface area contributed by atoms with E-state index in [0.717, 1.165) is 18.3 Å². The van der Waals surface area contributed by atoms with Crippen molar-refractivity contribution in [3.63, 3.8) is 0 Å². The fraction of sp³-hybridized carbons (Fsp3) is 0.455. The monoisotopic (exact) mass is 177 g/mol. The lowest BCUT2D eigenvalue weighted by atomic mass is 10.2. The molecule has 2 atom stereocenters. The molecule has 0 N–H and O–H groups in total. The average Bonchev–Trinajstić information content (AvgIpc) is 2.83. The van der Waals surface area contributed by atoms with Crippen molar-refractivity contribution >= 4 is 0 Å². The van der Waals surface area contributed by atoms with E-state index < -0.39 is 0 Å². The van der Waals surface area contributed by atoms with Crippen molar-refractivity contribution < 1.29 is 4.74 Å². The number of benzene rings is 1. The first-order valence-electron chi connectivity index (χ1n) is 4.66. The van der Waals surface area contributed by atoms with Crippen LogP contribution in [0, 0.1) is 0 Å². The number of nitrogens with zero attached hydrogens (tertiary/aromatic N) is 1. The summed E-state index contributed by atoms with van der Waals surface area (Å²) in [5, 5.41) is 0. The van der Waals surface area contributed by atoms with E-state index in [1.54, 1.807) is 7.11 Å². The van der Waals surface area contributed by atoms with E-state index in [4.69, 9.17) is 4.74 Å².